The van der Waals surface area contributed by atoms with E-state index in [1.54, 1.807) is 0 Å². The number of H-pyrrole nitrogens is 1. The number of pyridine rings is 1. The largest absolute Gasteiger partial charge is 0.376 e. The molecule has 0 radical (unpaired) electrons. The zero-order valence-electron chi connectivity index (χ0n) is 16.8. The summed E-state index contributed by atoms with van der Waals surface area (Å²) in [6, 6.07) is 6.35. The van der Waals surface area contributed by atoms with Gasteiger partial charge in [-0.3, -0.25) is 19.8 Å². The summed E-state index contributed by atoms with van der Waals surface area (Å²) in [5.41, 5.74) is 3.86. The number of carbonyl (C=O) groups excluding carboxylic acids is 1. The standard InChI is InChI=1S/C22H29N5O2/c28-21(20-17-15-29-13-6-18(17)25-26-20)24-19-5-3-7-22(19)8-11-27(12-9-22)14-16-4-1-2-10-23-16/h1-2,4,10,19H,3,5-9,11-15H2,(H,24,28)(H,25,26). The van der Waals surface area contributed by atoms with E-state index in [0.29, 0.717) is 18.9 Å². The lowest BCUT2D eigenvalue weighted by atomic mass is 9.74. The lowest BCUT2D eigenvalue weighted by molar-refractivity contribution is 0.0673. The number of ether oxygens (including phenoxy) is 1. The molecule has 154 valence electrons. The number of carbonyl (C=O) groups is 1. The van der Waals surface area contributed by atoms with Gasteiger partial charge < -0.3 is 10.1 Å². The Labute approximate surface area is 171 Å². The molecule has 7 nitrogen and oxygen atoms in total. The Morgan fingerprint density at radius 1 is 1.31 bits per heavy atom. The van der Waals surface area contributed by atoms with Crippen molar-refractivity contribution in [3.05, 3.63) is 47.0 Å². The average molecular weight is 396 g/mol. The van der Waals surface area contributed by atoms with E-state index in [9.17, 15) is 4.79 Å². The van der Waals surface area contributed by atoms with Crippen molar-refractivity contribution in [3.63, 3.8) is 0 Å². The normalized spacial score (nSPS) is 23.8. The molecule has 7 heteroatoms. The third kappa shape index (κ3) is 3.69. The van der Waals surface area contributed by atoms with Crippen LogP contribution >= 0.6 is 0 Å². The number of nitrogens with zero attached hydrogens (tertiary/aromatic N) is 3. The van der Waals surface area contributed by atoms with Gasteiger partial charge in [0.1, 0.15) is 0 Å². The molecule has 29 heavy (non-hydrogen) atoms. The summed E-state index contributed by atoms with van der Waals surface area (Å²) in [5.74, 6) is -0.0461. The summed E-state index contributed by atoms with van der Waals surface area (Å²) >= 11 is 0. The van der Waals surface area contributed by atoms with E-state index in [4.69, 9.17) is 4.74 Å². The van der Waals surface area contributed by atoms with Crippen molar-refractivity contribution in [2.24, 2.45) is 5.41 Å². The van der Waals surface area contributed by atoms with Crippen LogP contribution in [0.15, 0.2) is 24.4 Å². The molecule has 2 aromatic rings. The van der Waals surface area contributed by atoms with Crippen molar-refractivity contribution in [3.8, 4) is 0 Å². The minimum absolute atomic E-state index is 0.0461. The minimum Gasteiger partial charge on any atom is -0.376 e. The van der Waals surface area contributed by atoms with E-state index in [2.05, 4.69) is 37.5 Å². The third-order valence-corrected chi connectivity index (χ3v) is 7.09. The Balaban J connectivity index is 1.23. The number of piperidine rings is 1. The fourth-order valence-corrected chi connectivity index (χ4v) is 5.37. The van der Waals surface area contributed by atoms with Gasteiger partial charge >= 0.3 is 0 Å². The summed E-state index contributed by atoms with van der Waals surface area (Å²) in [7, 11) is 0. The summed E-state index contributed by atoms with van der Waals surface area (Å²) in [4.78, 5) is 20.0. The van der Waals surface area contributed by atoms with Crippen molar-refractivity contribution in [2.75, 3.05) is 19.7 Å². The molecule has 1 aliphatic carbocycles. The maximum absolute atomic E-state index is 13.0. The maximum Gasteiger partial charge on any atom is 0.272 e. The second-order valence-electron chi connectivity index (χ2n) is 8.71. The van der Waals surface area contributed by atoms with Gasteiger partial charge in [0.25, 0.3) is 5.91 Å². The van der Waals surface area contributed by atoms with Crippen LogP contribution in [0.2, 0.25) is 0 Å². The molecule has 2 aliphatic heterocycles. The average Bonchev–Trinajstić information content (AvgIpc) is 3.35. The number of aromatic nitrogens is 3. The van der Waals surface area contributed by atoms with E-state index in [1.807, 2.05) is 12.3 Å². The lowest BCUT2D eigenvalue weighted by Gasteiger charge is -2.43. The summed E-state index contributed by atoms with van der Waals surface area (Å²) in [5, 5.41) is 10.7. The molecule has 0 bridgehead atoms. The molecule has 2 aromatic heterocycles. The lowest BCUT2D eigenvalue weighted by Crippen LogP contribution is -2.50. The van der Waals surface area contributed by atoms with Crippen LogP contribution in [0, 0.1) is 5.41 Å². The number of hydrogen-bond acceptors (Lipinski definition) is 5. The van der Waals surface area contributed by atoms with Gasteiger partial charge in [0.05, 0.1) is 18.9 Å². The predicted octanol–water partition coefficient (Wildman–Crippen LogP) is 2.44. The molecule has 3 aliphatic rings. The van der Waals surface area contributed by atoms with Crippen LogP contribution in [0.25, 0.3) is 0 Å². The molecule has 2 N–H and O–H groups in total. The van der Waals surface area contributed by atoms with Gasteiger partial charge in [-0.15, -0.1) is 0 Å². The highest BCUT2D eigenvalue weighted by Crippen LogP contribution is 2.46. The molecule has 5 rings (SSSR count). The Kier molecular flexibility index (Phi) is 5.09. The summed E-state index contributed by atoms with van der Waals surface area (Å²) in [6.07, 6.45) is 8.38. The van der Waals surface area contributed by atoms with Crippen molar-refractivity contribution in [1.82, 2.24) is 25.4 Å². The highest BCUT2D eigenvalue weighted by Gasteiger charge is 2.45. The maximum atomic E-state index is 13.0. The number of hydrogen-bond donors (Lipinski definition) is 2. The van der Waals surface area contributed by atoms with E-state index >= 15 is 0 Å². The summed E-state index contributed by atoms with van der Waals surface area (Å²) < 4.78 is 5.53. The van der Waals surface area contributed by atoms with Gasteiger partial charge in [0.2, 0.25) is 0 Å². The van der Waals surface area contributed by atoms with Gasteiger partial charge in [-0.25, -0.2) is 0 Å². The molecule has 1 unspecified atom stereocenters. The number of fused-ring (bicyclic) bond motifs is 1. The number of aromatic amines is 1. The fraction of sp³-hybridized carbons (Fsp3) is 0.591. The van der Waals surface area contributed by atoms with Crippen LogP contribution < -0.4 is 5.32 Å². The van der Waals surface area contributed by atoms with E-state index < -0.39 is 0 Å². The molecule has 1 amide bonds. The van der Waals surface area contributed by atoms with Crippen LogP contribution in [0.4, 0.5) is 0 Å². The van der Waals surface area contributed by atoms with Gasteiger partial charge in [0, 0.05) is 36.5 Å². The van der Waals surface area contributed by atoms with Crippen LogP contribution in [-0.2, 0) is 24.3 Å². The molecular formula is C22H29N5O2. The number of rotatable bonds is 4. The minimum atomic E-state index is -0.0461. The number of amides is 1. The second kappa shape index (κ2) is 7.88. The zero-order chi connectivity index (χ0) is 19.7. The summed E-state index contributed by atoms with van der Waals surface area (Å²) in [6.45, 7) is 4.21. The first-order valence-corrected chi connectivity index (χ1v) is 10.8. The van der Waals surface area contributed by atoms with Crippen LogP contribution in [0.5, 0.6) is 0 Å². The van der Waals surface area contributed by atoms with Crippen LogP contribution in [0.3, 0.4) is 0 Å². The zero-order valence-corrected chi connectivity index (χ0v) is 16.8. The van der Waals surface area contributed by atoms with Crippen molar-refractivity contribution in [2.45, 2.75) is 57.7 Å². The third-order valence-electron chi connectivity index (χ3n) is 7.09. The van der Waals surface area contributed by atoms with Crippen LogP contribution in [0.1, 0.15) is 59.5 Å². The van der Waals surface area contributed by atoms with Gasteiger partial charge in [-0.1, -0.05) is 12.5 Å². The van der Waals surface area contributed by atoms with Gasteiger partial charge in [-0.05, 0) is 56.3 Å². The topological polar surface area (TPSA) is 83.1 Å². The first-order chi connectivity index (χ1) is 14.2. The highest BCUT2D eigenvalue weighted by molar-refractivity contribution is 5.94. The fourth-order valence-electron chi connectivity index (χ4n) is 5.37. The van der Waals surface area contributed by atoms with Gasteiger partial charge in [-0.2, -0.15) is 5.10 Å². The Bertz CT molecular complexity index is 857. The first-order valence-electron chi connectivity index (χ1n) is 10.8. The SMILES string of the molecule is O=C(NC1CCCC12CCN(Cc1ccccn1)CC2)c1n[nH]c2c1COCC2. The molecule has 1 saturated carbocycles. The smallest absolute Gasteiger partial charge is 0.272 e. The Morgan fingerprint density at radius 2 is 2.21 bits per heavy atom. The number of nitrogens with one attached hydrogen (secondary N) is 2. The molecule has 0 aromatic carbocycles. The Hall–Kier alpha value is -2.25. The van der Waals surface area contributed by atoms with Crippen molar-refractivity contribution >= 4 is 5.91 Å². The van der Waals surface area contributed by atoms with Crippen molar-refractivity contribution in [1.29, 1.82) is 0 Å². The van der Waals surface area contributed by atoms with E-state index in [-0.39, 0.29) is 17.4 Å². The van der Waals surface area contributed by atoms with E-state index in [0.717, 1.165) is 62.3 Å². The van der Waals surface area contributed by atoms with Crippen LogP contribution in [-0.4, -0.2) is 51.7 Å². The van der Waals surface area contributed by atoms with Gasteiger partial charge in [0.15, 0.2) is 5.69 Å². The predicted molar refractivity (Wildman–Crippen MR) is 108 cm³/mol. The molecule has 4 heterocycles. The second-order valence-corrected chi connectivity index (χ2v) is 8.71. The number of likely N-dealkylation sites (tertiary alicyclic amines) is 1. The molecule has 1 atom stereocenters. The molecular weight excluding hydrogens is 366 g/mol. The van der Waals surface area contributed by atoms with Crippen molar-refractivity contribution < 1.29 is 9.53 Å². The molecule has 1 saturated heterocycles. The Morgan fingerprint density at radius 3 is 3.03 bits per heavy atom. The monoisotopic (exact) mass is 395 g/mol. The molecule has 1 spiro atoms. The first kappa shape index (κ1) is 18.8. The quantitative estimate of drug-likeness (QED) is 0.831. The highest BCUT2D eigenvalue weighted by atomic mass is 16.5. The van der Waals surface area contributed by atoms with E-state index in [1.165, 1.54) is 12.8 Å². The molecule has 2 fully saturated rings.